The molecule has 1 heterocycles. The zero-order valence-corrected chi connectivity index (χ0v) is 10.5. The molecule has 104 valence electrons. The molecule has 2 aromatic rings. The zero-order valence-electron chi connectivity index (χ0n) is 10.5. The third-order valence-corrected chi connectivity index (χ3v) is 2.53. The average molecular weight is 279 g/mol. The number of methoxy groups -OCH3 is 1. The van der Waals surface area contributed by atoms with Gasteiger partial charge in [-0.3, -0.25) is 4.79 Å². The Morgan fingerprint density at radius 1 is 1.40 bits per heavy atom. The van der Waals surface area contributed by atoms with E-state index in [4.69, 9.17) is 10.5 Å². The summed E-state index contributed by atoms with van der Waals surface area (Å²) in [5, 5.41) is 2.27. The quantitative estimate of drug-likeness (QED) is 0.844. The van der Waals surface area contributed by atoms with Crippen molar-refractivity contribution in [3.8, 4) is 5.88 Å². The molecule has 20 heavy (non-hydrogen) atoms. The Kier molecular flexibility index (Phi) is 3.79. The maximum Gasteiger partial charge on any atom is 0.261 e. The van der Waals surface area contributed by atoms with Crippen LogP contribution in [0, 0.1) is 11.6 Å². The first-order chi connectivity index (χ1) is 9.52. The number of rotatable bonds is 3. The van der Waals surface area contributed by atoms with Gasteiger partial charge >= 0.3 is 0 Å². The molecule has 7 heteroatoms. The number of anilines is 2. The second kappa shape index (κ2) is 5.52. The molecule has 3 N–H and O–H groups in total. The number of halogens is 2. The normalized spacial score (nSPS) is 10.2. The Bertz CT molecular complexity index is 639. The van der Waals surface area contributed by atoms with Crippen LogP contribution >= 0.6 is 0 Å². The van der Waals surface area contributed by atoms with Crippen LogP contribution in [0.3, 0.4) is 0 Å². The van der Waals surface area contributed by atoms with Gasteiger partial charge in [-0.1, -0.05) is 0 Å². The van der Waals surface area contributed by atoms with Gasteiger partial charge < -0.3 is 15.8 Å². The predicted octanol–water partition coefficient (Wildman–Crippen LogP) is 2.20. The predicted molar refractivity (Wildman–Crippen MR) is 69.5 cm³/mol. The number of pyridine rings is 1. The molecule has 2 rings (SSSR count). The molecular weight excluding hydrogens is 268 g/mol. The molecule has 0 saturated carbocycles. The lowest BCUT2D eigenvalue weighted by Gasteiger charge is -2.11. The van der Waals surface area contributed by atoms with Crippen molar-refractivity contribution in [2.75, 3.05) is 18.2 Å². The summed E-state index contributed by atoms with van der Waals surface area (Å²) in [4.78, 5) is 15.9. The standard InChI is InChI=1S/C13H11F2N3O2/c1-20-13-8(3-2-4-17-13)12(19)18-11-9(15)5-7(14)6-10(11)16/h2-6H,16H2,1H3,(H,18,19). The molecule has 0 radical (unpaired) electrons. The van der Waals surface area contributed by atoms with Gasteiger partial charge in [0, 0.05) is 12.3 Å². The number of amides is 1. The van der Waals surface area contributed by atoms with Gasteiger partial charge in [0.25, 0.3) is 5.91 Å². The number of nitrogens with two attached hydrogens (primary N) is 1. The molecule has 1 amide bonds. The van der Waals surface area contributed by atoms with E-state index < -0.39 is 17.5 Å². The zero-order chi connectivity index (χ0) is 14.7. The minimum Gasteiger partial charge on any atom is -0.480 e. The van der Waals surface area contributed by atoms with Gasteiger partial charge in [-0.25, -0.2) is 13.8 Å². The fraction of sp³-hybridized carbons (Fsp3) is 0.0769. The summed E-state index contributed by atoms with van der Waals surface area (Å²) in [5.41, 5.74) is 5.09. The number of hydrogen-bond donors (Lipinski definition) is 2. The van der Waals surface area contributed by atoms with Gasteiger partial charge in [0.1, 0.15) is 17.1 Å². The second-order valence-corrected chi connectivity index (χ2v) is 3.87. The Hall–Kier alpha value is -2.70. The highest BCUT2D eigenvalue weighted by Gasteiger charge is 2.17. The maximum atomic E-state index is 13.6. The molecule has 5 nitrogen and oxygen atoms in total. The van der Waals surface area contributed by atoms with E-state index in [1.807, 2.05) is 0 Å². The van der Waals surface area contributed by atoms with Crippen LogP contribution in [0.25, 0.3) is 0 Å². The Labute approximate surface area is 113 Å². The molecule has 0 aliphatic carbocycles. The summed E-state index contributed by atoms with van der Waals surface area (Å²) in [6.07, 6.45) is 1.45. The van der Waals surface area contributed by atoms with E-state index in [0.29, 0.717) is 6.07 Å². The monoisotopic (exact) mass is 279 g/mol. The molecule has 0 bridgehead atoms. The summed E-state index contributed by atoms with van der Waals surface area (Å²) in [6.45, 7) is 0. The largest absolute Gasteiger partial charge is 0.480 e. The third-order valence-electron chi connectivity index (χ3n) is 2.53. The first-order valence-corrected chi connectivity index (χ1v) is 5.57. The van der Waals surface area contributed by atoms with E-state index >= 15 is 0 Å². The van der Waals surface area contributed by atoms with Crippen molar-refractivity contribution >= 4 is 17.3 Å². The number of nitrogens with zero attached hydrogens (tertiary/aromatic N) is 1. The van der Waals surface area contributed by atoms with Gasteiger partial charge in [0.15, 0.2) is 5.82 Å². The highest BCUT2D eigenvalue weighted by atomic mass is 19.1. The topological polar surface area (TPSA) is 77.2 Å². The van der Waals surface area contributed by atoms with Crippen LogP contribution in [-0.2, 0) is 0 Å². The summed E-state index contributed by atoms with van der Waals surface area (Å²) < 4.78 is 31.4. The first-order valence-electron chi connectivity index (χ1n) is 5.57. The van der Waals surface area contributed by atoms with Crippen molar-refractivity contribution in [1.82, 2.24) is 4.98 Å². The number of carbonyl (C=O) groups is 1. The van der Waals surface area contributed by atoms with Gasteiger partial charge in [-0.05, 0) is 18.2 Å². The molecule has 0 fully saturated rings. The summed E-state index contributed by atoms with van der Waals surface area (Å²) in [5.74, 6) is -2.35. The van der Waals surface area contributed by atoms with E-state index in [1.165, 1.54) is 25.4 Å². The van der Waals surface area contributed by atoms with Gasteiger partial charge in [-0.2, -0.15) is 0 Å². The minimum absolute atomic E-state index is 0.0890. The lowest BCUT2D eigenvalue weighted by molar-refractivity contribution is 0.102. The van der Waals surface area contributed by atoms with Gasteiger partial charge in [0.2, 0.25) is 5.88 Å². The number of ether oxygens (including phenoxy) is 1. The second-order valence-electron chi connectivity index (χ2n) is 3.87. The molecular formula is C13H11F2N3O2. The molecule has 0 unspecified atom stereocenters. The number of hydrogen-bond acceptors (Lipinski definition) is 4. The van der Waals surface area contributed by atoms with Crippen molar-refractivity contribution in [2.24, 2.45) is 0 Å². The maximum absolute atomic E-state index is 13.6. The van der Waals surface area contributed by atoms with Crippen LogP contribution < -0.4 is 15.8 Å². The fourth-order valence-corrected chi connectivity index (χ4v) is 1.63. The molecule has 0 atom stereocenters. The smallest absolute Gasteiger partial charge is 0.261 e. The summed E-state index contributed by atoms with van der Waals surface area (Å²) in [6, 6.07) is 4.53. The van der Waals surface area contributed by atoms with E-state index in [1.54, 1.807) is 0 Å². The van der Waals surface area contributed by atoms with E-state index in [-0.39, 0.29) is 22.8 Å². The molecule has 0 spiro atoms. The van der Waals surface area contributed by atoms with Gasteiger partial charge in [0.05, 0.1) is 12.8 Å². The number of nitrogen functional groups attached to an aromatic ring is 1. The van der Waals surface area contributed by atoms with E-state index in [2.05, 4.69) is 10.3 Å². The van der Waals surface area contributed by atoms with Crippen molar-refractivity contribution < 1.29 is 18.3 Å². The first kappa shape index (κ1) is 13.7. The highest BCUT2D eigenvalue weighted by molar-refractivity contribution is 6.07. The van der Waals surface area contributed by atoms with Crippen molar-refractivity contribution in [1.29, 1.82) is 0 Å². The summed E-state index contributed by atoms with van der Waals surface area (Å²) in [7, 11) is 1.35. The van der Waals surface area contributed by atoms with Gasteiger partial charge in [-0.15, -0.1) is 0 Å². The molecule has 1 aromatic heterocycles. The third kappa shape index (κ3) is 2.66. The SMILES string of the molecule is COc1ncccc1C(=O)Nc1c(N)cc(F)cc1F. The van der Waals surface area contributed by atoms with Crippen LogP contribution in [0.4, 0.5) is 20.2 Å². The van der Waals surface area contributed by atoms with E-state index in [9.17, 15) is 13.6 Å². The molecule has 0 aliphatic heterocycles. The minimum atomic E-state index is -0.960. The molecule has 0 saturated heterocycles. The Morgan fingerprint density at radius 3 is 2.80 bits per heavy atom. The Balaban J connectivity index is 2.33. The number of carbonyl (C=O) groups excluding carboxylic acids is 1. The van der Waals surface area contributed by atoms with Crippen molar-refractivity contribution in [3.63, 3.8) is 0 Å². The highest BCUT2D eigenvalue weighted by Crippen LogP contribution is 2.25. The average Bonchev–Trinajstić information content (AvgIpc) is 2.42. The van der Waals surface area contributed by atoms with Crippen LogP contribution in [0.15, 0.2) is 30.5 Å². The number of nitrogens with one attached hydrogen (secondary N) is 1. The van der Waals surface area contributed by atoms with E-state index in [0.717, 1.165) is 6.07 Å². The van der Waals surface area contributed by atoms with Crippen molar-refractivity contribution in [2.45, 2.75) is 0 Å². The van der Waals surface area contributed by atoms with Crippen LogP contribution in [-0.4, -0.2) is 18.0 Å². The molecule has 0 aliphatic rings. The number of benzene rings is 1. The van der Waals surface area contributed by atoms with Crippen LogP contribution in [0.1, 0.15) is 10.4 Å². The number of aromatic nitrogens is 1. The molecule has 1 aromatic carbocycles. The van der Waals surface area contributed by atoms with Crippen molar-refractivity contribution in [3.05, 3.63) is 47.7 Å². The lowest BCUT2D eigenvalue weighted by Crippen LogP contribution is -2.16. The van der Waals surface area contributed by atoms with Crippen LogP contribution in [0.2, 0.25) is 0 Å². The lowest BCUT2D eigenvalue weighted by atomic mass is 10.2. The summed E-state index contributed by atoms with van der Waals surface area (Å²) >= 11 is 0. The Morgan fingerprint density at radius 2 is 2.15 bits per heavy atom. The fourth-order valence-electron chi connectivity index (χ4n) is 1.63. The van der Waals surface area contributed by atoms with Crippen LogP contribution in [0.5, 0.6) is 5.88 Å².